The van der Waals surface area contributed by atoms with E-state index in [1.165, 1.54) is 11.3 Å². The molecule has 1 aromatic heterocycles. The Morgan fingerprint density at radius 3 is 2.58 bits per heavy atom. The summed E-state index contributed by atoms with van der Waals surface area (Å²) in [7, 11) is 0. The minimum atomic E-state index is -0.242. The van der Waals surface area contributed by atoms with Gasteiger partial charge in [-0.05, 0) is 31.2 Å². The average Bonchev–Trinajstić information content (AvgIpc) is 3.03. The smallest absolute Gasteiger partial charge is 0.264 e. The summed E-state index contributed by atoms with van der Waals surface area (Å²) in [4.78, 5) is 16.4. The largest absolute Gasteiger partial charge is 0.484 e. The Morgan fingerprint density at radius 1 is 1.17 bits per heavy atom. The number of nitrogen functional groups attached to an aromatic ring is 1. The van der Waals surface area contributed by atoms with Crippen LogP contribution in [0.1, 0.15) is 5.56 Å². The maximum absolute atomic E-state index is 12.0. The Hall–Kier alpha value is -2.86. The number of benzene rings is 2. The lowest BCUT2D eigenvalue weighted by atomic mass is 10.1. The standard InChI is InChI=1S/C18H17N3O2S/c1-12-2-8-15(9-3-12)23-10-17(22)21-18-20-16(11-24-18)13-4-6-14(19)7-5-13/h2-9,11H,10,19H2,1H3,(H,20,21,22). The molecule has 0 unspecified atom stereocenters. The third kappa shape index (κ3) is 4.11. The zero-order valence-corrected chi connectivity index (χ0v) is 14.0. The fourth-order valence-corrected chi connectivity index (χ4v) is 2.79. The topological polar surface area (TPSA) is 77.2 Å². The number of hydrogen-bond donors (Lipinski definition) is 2. The molecule has 0 saturated heterocycles. The van der Waals surface area contributed by atoms with Crippen LogP contribution in [0.5, 0.6) is 5.75 Å². The average molecular weight is 339 g/mol. The van der Waals surface area contributed by atoms with Crippen molar-refractivity contribution >= 4 is 28.1 Å². The van der Waals surface area contributed by atoms with Crippen molar-refractivity contribution in [1.82, 2.24) is 4.98 Å². The highest BCUT2D eigenvalue weighted by Crippen LogP contribution is 2.25. The van der Waals surface area contributed by atoms with Gasteiger partial charge in [0.2, 0.25) is 0 Å². The van der Waals surface area contributed by atoms with Gasteiger partial charge in [0.15, 0.2) is 11.7 Å². The van der Waals surface area contributed by atoms with Gasteiger partial charge in [-0.15, -0.1) is 11.3 Å². The van der Waals surface area contributed by atoms with E-state index in [4.69, 9.17) is 10.5 Å². The summed E-state index contributed by atoms with van der Waals surface area (Å²) in [5.74, 6) is 0.422. The van der Waals surface area contributed by atoms with E-state index in [1.807, 2.05) is 60.8 Å². The van der Waals surface area contributed by atoms with E-state index in [0.717, 1.165) is 16.8 Å². The number of hydrogen-bond acceptors (Lipinski definition) is 5. The van der Waals surface area contributed by atoms with Gasteiger partial charge in [0.25, 0.3) is 5.91 Å². The lowest BCUT2D eigenvalue weighted by Gasteiger charge is -2.06. The number of ether oxygens (including phenoxy) is 1. The van der Waals surface area contributed by atoms with Crippen LogP contribution in [-0.4, -0.2) is 17.5 Å². The maximum atomic E-state index is 12.0. The fraction of sp³-hybridized carbons (Fsp3) is 0.111. The summed E-state index contributed by atoms with van der Waals surface area (Å²) in [6.07, 6.45) is 0. The number of carbonyl (C=O) groups excluding carboxylic acids is 1. The van der Waals surface area contributed by atoms with Crippen molar-refractivity contribution in [1.29, 1.82) is 0 Å². The van der Waals surface area contributed by atoms with Gasteiger partial charge in [-0.25, -0.2) is 4.98 Å². The molecule has 0 aliphatic rings. The van der Waals surface area contributed by atoms with E-state index in [9.17, 15) is 4.79 Å². The molecule has 1 amide bonds. The van der Waals surface area contributed by atoms with E-state index in [-0.39, 0.29) is 12.5 Å². The van der Waals surface area contributed by atoms with Gasteiger partial charge in [0, 0.05) is 16.6 Å². The van der Waals surface area contributed by atoms with Crippen molar-refractivity contribution in [3.63, 3.8) is 0 Å². The van der Waals surface area contributed by atoms with Crippen LogP contribution < -0.4 is 15.8 Å². The Morgan fingerprint density at radius 2 is 1.88 bits per heavy atom. The van der Waals surface area contributed by atoms with Crippen LogP contribution in [0.4, 0.5) is 10.8 Å². The maximum Gasteiger partial charge on any atom is 0.264 e. The molecule has 122 valence electrons. The van der Waals surface area contributed by atoms with E-state index in [1.54, 1.807) is 0 Å². The fourth-order valence-electron chi connectivity index (χ4n) is 2.06. The summed E-state index contributed by atoms with van der Waals surface area (Å²) >= 11 is 1.37. The number of aromatic nitrogens is 1. The van der Waals surface area contributed by atoms with Crippen molar-refractivity contribution in [3.8, 4) is 17.0 Å². The van der Waals surface area contributed by atoms with E-state index in [0.29, 0.717) is 16.6 Å². The second-order valence-corrected chi connectivity index (χ2v) is 6.17. The predicted octanol–water partition coefficient (Wildman–Crippen LogP) is 3.72. The highest BCUT2D eigenvalue weighted by molar-refractivity contribution is 7.14. The van der Waals surface area contributed by atoms with Gasteiger partial charge in [-0.3, -0.25) is 10.1 Å². The van der Waals surface area contributed by atoms with Crippen LogP contribution in [0.3, 0.4) is 0 Å². The SMILES string of the molecule is Cc1ccc(OCC(=O)Nc2nc(-c3ccc(N)cc3)cs2)cc1. The number of nitrogens with zero attached hydrogens (tertiary/aromatic N) is 1. The first kappa shape index (κ1) is 16.0. The second kappa shape index (κ2) is 7.14. The molecular weight excluding hydrogens is 322 g/mol. The number of carbonyl (C=O) groups is 1. The summed E-state index contributed by atoms with van der Waals surface area (Å²) in [6, 6.07) is 15.0. The van der Waals surface area contributed by atoms with E-state index < -0.39 is 0 Å². The van der Waals surface area contributed by atoms with Crippen LogP contribution in [0, 0.1) is 6.92 Å². The van der Waals surface area contributed by atoms with Crippen LogP contribution >= 0.6 is 11.3 Å². The Labute approximate surface area is 144 Å². The molecule has 0 bridgehead atoms. The lowest BCUT2D eigenvalue weighted by Crippen LogP contribution is -2.20. The third-order valence-corrected chi connectivity index (χ3v) is 4.11. The van der Waals surface area contributed by atoms with Gasteiger partial charge in [-0.2, -0.15) is 0 Å². The summed E-state index contributed by atoms with van der Waals surface area (Å²) in [5, 5.41) is 5.18. The summed E-state index contributed by atoms with van der Waals surface area (Å²) in [5.41, 5.74) is 9.28. The zero-order chi connectivity index (χ0) is 16.9. The Balaban J connectivity index is 1.57. The van der Waals surface area contributed by atoms with Gasteiger partial charge in [0.1, 0.15) is 5.75 Å². The Bertz CT molecular complexity index is 826. The van der Waals surface area contributed by atoms with E-state index in [2.05, 4.69) is 10.3 Å². The molecule has 3 N–H and O–H groups in total. The van der Waals surface area contributed by atoms with Gasteiger partial charge in [-0.1, -0.05) is 29.8 Å². The Kier molecular flexibility index (Phi) is 4.77. The van der Waals surface area contributed by atoms with Crippen molar-refractivity contribution in [2.24, 2.45) is 0 Å². The highest BCUT2D eigenvalue weighted by Gasteiger charge is 2.09. The molecule has 0 atom stereocenters. The number of rotatable bonds is 5. The molecular formula is C18H17N3O2S. The van der Waals surface area contributed by atoms with Gasteiger partial charge in [0.05, 0.1) is 5.69 Å². The molecule has 24 heavy (non-hydrogen) atoms. The number of anilines is 2. The molecule has 2 aromatic carbocycles. The van der Waals surface area contributed by atoms with Crippen molar-refractivity contribution in [3.05, 3.63) is 59.5 Å². The van der Waals surface area contributed by atoms with Crippen molar-refractivity contribution < 1.29 is 9.53 Å². The quantitative estimate of drug-likeness (QED) is 0.695. The number of amides is 1. The normalized spacial score (nSPS) is 10.4. The molecule has 0 aliphatic carbocycles. The number of nitrogens with two attached hydrogens (primary N) is 1. The minimum absolute atomic E-state index is 0.0557. The van der Waals surface area contributed by atoms with Crippen LogP contribution in [0.25, 0.3) is 11.3 Å². The van der Waals surface area contributed by atoms with Crippen LogP contribution in [0.2, 0.25) is 0 Å². The molecule has 0 radical (unpaired) electrons. The van der Waals surface area contributed by atoms with Crippen molar-refractivity contribution in [2.75, 3.05) is 17.7 Å². The molecule has 0 spiro atoms. The third-order valence-electron chi connectivity index (χ3n) is 3.35. The van der Waals surface area contributed by atoms with Gasteiger partial charge >= 0.3 is 0 Å². The first-order valence-electron chi connectivity index (χ1n) is 7.41. The van der Waals surface area contributed by atoms with Crippen LogP contribution in [0.15, 0.2) is 53.9 Å². The first-order chi connectivity index (χ1) is 11.6. The second-order valence-electron chi connectivity index (χ2n) is 5.31. The minimum Gasteiger partial charge on any atom is -0.484 e. The predicted molar refractivity (Wildman–Crippen MR) is 97.3 cm³/mol. The van der Waals surface area contributed by atoms with Gasteiger partial charge < -0.3 is 10.5 Å². The molecule has 6 heteroatoms. The van der Waals surface area contributed by atoms with Crippen LogP contribution in [-0.2, 0) is 4.79 Å². The molecule has 5 nitrogen and oxygen atoms in total. The summed E-state index contributed by atoms with van der Waals surface area (Å²) < 4.78 is 5.45. The lowest BCUT2D eigenvalue weighted by molar-refractivity contribution is -0.118. The number of aryl methyl sites for hydroxylation is 1. The monoisotopic (exact) mass is 339 g/mol. The first-order valence-corrected chi connectivity index (χ1v) is 8.29. The van der Waals surface area contributed by atoms with Crippen molar-refractivity contribution in [2.45, 2.75) is 6.92 Å². The molecule has 0 saturated carbocycles. The molecule has 0 fully saturated rings. The molecule has 0 aliphatic heterocycles. The number of nitrogens with one attached hydrogen (secondary N) is 1. The molecule has 3 aromatic rings. The summed E-state index contributed by atoms with van der Waals surface area (Å²) in [6.45, 7) is 1.94. The zero-order valence-electron chi connectivity index (χ0n) is 13.2. The van der Waals surface area contributed by atoms with E-state index >= 15 is 0 Å². The highest BCUT2D eigenvalue weighted by atomic mass is 32.1. The molecule has 1 heterocycles. The molecule has 3 rings (SSSR count). The number of thiazole rings is 1.